The lowest BCUT2D eigenvalue weighted by atomic mass is 10.1. The Hall–Kier alpha value is -0.250. The quantitative estimate of drug-likeness (QED) is 0.917. The average molecular weight is 278 g/mol. The summed E-state index contributed by atoms with van der Waals surface area (Å²) < 4.78 is 1.77. The van der Waals surface area contributed by atoms with Gasteiger partial charge < -0.3 is 5.32 Å². The molecule has 0 bridgehead atoms. The molecule has 1 heterocycles. The smallest absolute Gasteiger partial charge is 0.131 e. The molecule has 1 aromatic rings. The molecule has 17 heavy (non-hydrogen) atoms. The van der Waals surface area contributed by atoms with Crippen molar-refractivity contribution in [3.63, 3.8) is 0 Å². The van der Waals surface area contributed by atoms with E-state index in [0.29, 0.717) is 12.0 Å². The molecule has 0 saturated heterocycles. The Kier molecular flexibility index (Phi) is 4.87. The van der Waals surface area contributed by atoms with Crippen LogP contribution in [0.1, 0.15) is 44.4 Å². The predicted octanol–water partition coefficient (Wildman–Crippen LogP) is 3.12. The zero-order valence-electron chi connectivity index (χ0n) is 10.8. The lowest BCUT2D eigenvalue weighted by Gasteiger charge is -2.07. The Labute approximate surface area is 114 Å². The maximum Gasteiger partial charge on any atom is 0.131 e. The monoisotopic (exact) mass is 277 g/mol. The summed E-state index contributed by atoms with van der Waals surface area (Å²) in [4.78, 5) is 0. The molecule has 0 amide bonds. The molecule has 5 heteroatoms. The van der Waals surface area contributed by atoms with Gasteiger partial charge in [0.15, 0.2) is 0 Å². The Balaban J connectivity index is 0.00000144. The molecule has 1 aliphatic carbocycles. The van der Waals surface area contributed by atoms with E-state index >= 15 is 0 Å². The van der Waals surface area contributed by atoms with Crippen LogP contribution in [0.25, 0.3) is 0 Å². The van der Waals surface area contributed by atoms with E-state index < -0.39 is 0 Å². The Morgan fingerprint density at radius 1 is 1.53 bits per heavy atom. The van der Waals surface area contributed by atoms with Gasteiger partial charge in [-0.05, 0) is 18.3 Å². The van der Waals surface area contributed by atoms with Gasteiger partial charge in [-0.25, -0.2) is 0 Å². The number of rotatable bonds is 4. The normalized spacial score (nSPS) is 22.7. The third kappa shape index (κ3) is 3.15. The first kappa shape index (κ1) is 14.8. The van der Waals surface area contributed by atoms with Gasteiger partial charge in [-0.2, -0.15) is 5.10 Å². The number of nitrogens with zero attached hydrogens (tertiary/aromatic N) is 2. The highest BCUT2D eigenvalue weighted by molar-refractivity contribution is 6.30. The molecule has 1 N–H and O–H groups in total. The lowest BCUT2D eigenvalue weighted by Crippen LogP contribution is -2.18. The first-order valence-corrected chi connectivity index (χ1v) is 6.33. The van der Waals surface area contributed by atoms with Crippen molar-refractivity contribution in [1.29, 1.82) is 0 Å². The molecule has 98 valence electrons. The molecule has 2 atom stereocenters. The maximum atomic E-state index is 6.26. The van der Waals surface area contributed by atoms with Crippen molar-refractivity contribution in [2.45, 2.75) is 45.7 Å². The fourth-order valence-corrected chi connectivity index (χ4v) is 2.24. The van der Waals surface area contributed by atoms with Gasteiger partial charge in [0, 0.05) is 25.2 Å². The third-order valence-electron chi connectivity index (χ3n) is 3.30. The number of halogens is 2. The summed E-state index contributed by atoms with van der Waals surface area (Å²) in [5.41, 5.74) is 2.28. The largest absolute Gasteiger partial charge is 0.309 e. The van der Waals surface area contributed by atoms with Crippen molar-refractivity contribution in [1.82, 2.24) is 15.1 Å². The van der Waals surface area contributed by atoms with Gasteiger partial charge in [0.05, 0.1) is 5.69 Å². The highest BCUT2D eigenvalue weighted by Gasteiger charge is 2.32. The van der Waals surface area contributed by atoms with E-state index in [0.717, 1.165) is 23.3 Å². The average Bonchev–Trinajstić information content (AvgIpc) is 2.84. The second kappa shape index (κ2) is 5.59. The van der Waals surface area contributed by atoms with Crippen LogP contribution in [0.3, 0.4) is 0 Å². The van der Waals surface area contributed by atoms with E-state index in [1.165, 1.54) is 12.0 Å². The summed E-state index contributed by atoms with van der Waals surface area (Å²) in [5.74, 6) is 1.24. The second-order valence-electron chi connectivity index (χ2n) is 5.13. The van der Waals surface area contributed by atoms with Crippen LogP contribution in [0.4, 0.5) is 0 Å². The van der Waals surface area contributed by atoms with E-state index in [1.54, 1.807) is 4.68 Å². The van der Waals surface area contributed by atoms with Crippen LogP contribution in [0.5, 0.6) is 0 Å². The van der Waals surface area contributed by atoms with Crippen molar-refractivity contribution in [2.24, 2.45) is 13.0 Å². The Bertz CT molecular complexity index is 387. The lowest BCUT2D eigenvalue weighted by molar-refractivity contribution is 0.644. The SMILES string of the molecule is CC(C)c1nn(C)c(Cl)c1CNC1CC1C.Cl. The number of aryl methyl sites for hydroxylation is 1. The summed E-state index contributed by atoms with van der Waals surface area (Å²) in [6.07, 6.45) is 1.29. The molecule has 2 unspecified atom stereocenters. The maximum absolute atomic E-state index is 6.26. The van der Waals surface area contributed by atoms with E-state index in [-0.39, 0.29) is 12.4 Å². The molecule has 0 radical (unpaired) electrons. The predicted molar refractivity (Wildman–Crippen MR) is 74.0 cm³/mol. The summed E-state index contributed by atoms with van der Waals surface area (Å²) in [5, 5.41) is 8.77. The number of hydrogen-bond donors (Lipinski definition) is 1. The van der Waals surface area contributed by atoms with Crippen molar-refractivity contribution in [2.75, 3.05) is 0 Å². The van der Waals surface area contributed by atoms with Crippen LogP contribution in [0.15, 0.2) is 0 Å². The van der Waals surface area contributed by atoms with Crippen molar-refractivity contribution in [3.8, 4) is 0 Å². The molecular formula is C12H21Cl2N3. The topological polar surface area (TPSA) is 29.9 Å². The van der Waals surface area contributed by atoms with Gasteiger partial charge >= 0.3 is 0 Å². The molecule has 1 fully saturated rings. The minimum Gasteiger partial charge on any atom is -0.309 e. The molecule has 0 aromatic carbocycles. The van der Waals surface area contributed by atoms with E-state index in [1.807, 2.05) is 7.05 Å². The van der Waals surface area contributed by atoms with Crippen molar-refractivity contribution in [3.05, 3.63) is 16.4 Å². The minimum absolute atomic E-state index is 0. The second-order valence-corrected chi connectivity index (χ2v) is 5.49. The molecule has 0 spiro atoms. The summed E-state index contributed by atoms with van der Waals surface area (Å²) >= 11 is 6.26. The zero-order chi connectivity index (χ0) is 11.9. The third-order valence-corrected chi connectivity index (χ3v) is 3.77. The van der Waals surface area contributed by atoms with Gasteiger partial charge in [-0.1, -0.05) is 32.4 Å². The van der Waals surface area contributed by atoms with Crippen LogP contribution in [-0.4, -0.2) is 15.8 Å². The van der Waals surface area contributed by atoms with Gasteiger partial charge in [0.1, 0.15) is 5.15 Å². The fraction of sp³-hybridized carbons (Fsp3) is 0.750. The summed E-state index contributed by atoms with van der Waals surface area (Å²) in [6, 6.07) is 0.677. The fourth-order valence-electron chi connectivity index (χ4n) is 2.03. The molecular weight excluding hydrogens is 257 g/mol. The molecule has 2 rings (SSSR count). The van der Waals surface area contributed by atoms with Gasteiger partial charge in [0.25, 0.3) is 0 Å². The van der Waals surface area contributed by atoms with E-state index in [2.05, 4.69) is 31.2 Å². The molecule has 1 saturated carbocycles. The van der Waals surface area contributed by atoms with Crippen LogP contribution >= 0.6 is 24.0 Å². The van der Waals surface area contributed by atoms with E-state index in [4.69, 9.17) is 11.6 Å². The first-order valence-electron chi connectivity index (χ1n) is 5.95. The standard InChI is InChI=1S/C12H20ClN3.ClH/c1-7(2)11-9(12(13)16(4)15-11)6-14-10-5-8(10)3;/h7-8,10,14H,5-6H2,1-4H3;1H. The Morgan fingerprint density at radius 3 is 2.59 bits per heavy atom. The zero-order valence-corrected chi connectivity index (χ0v) is 12.4. The highest BCUT2D eigenvalue weighted by Crippen LogP contribution is 2.31. The van der Waals surface area contributed by atoms with Crippen LogP contribution < -0.4 is 5.32 Å². The number of hydrogen-bond acceptors (Lipinski definition) is 2. The summed E-state index contributed by atoms with van der Waals surface area (Å²) in [7, 11) is 1.90. The number of aromatic nitrogens is 2. The summed E-state index contributed by atoms with van der Waals surface area (Å²) in [6.45, 7) is 7.42. The van der Waals surface area contributed by atoms with Gasteiger partial charge in [-0.3, -0.25) is 4.68 Å². The van der Waals surface area contributed by atoms with Crippen molar-refractivity contribution < 1.29 is 0 Å². The number of nitrogens with one attached hydrogen (secondary N) is 1. The van der Waals surface area contributed by atoms with Gasteiger partial charge in [-0.15, -0.1) is 12.4 Å². The van der Waals surface area contributed by atoms with Crippen LogP contribution in [0.2, 0.25) is 5.15 Å². The van der Waals surface area contributed by atoms with Gasteiger partial charge in [0.2, 0.25) is 0 Å². The van der Waals surface area contributed by atoms with E-state index in [9.17, 15) is 0 Å². The first-order chi connectivity index (χ1) is 7.50. The molecule has 0 aliphatic heterocycles. The van der Waals surface area contributed by atoms with Crippen LogP contribution in [0, 0.1) is 5.92 Å². The molecule has 3 nitrogen and oxygen atoms in total. The Morgan fingerprint density at radius 2 is 2.12 bits per heavy atom. The molecule has 1 aliphatic rings. The van der Waals surface area contributed by atoms with Crippen molar-refractivity contribution >= 4 is 24.0 Å². The highest BCUT2D eigenvalue weighted by atomic mass is 35.5. The molecule has 1 aromatic heterocycles. The van der Waals surface area contributed by atoms with Crippen LogP contribution in [-0.2, 0) is 13.6 Å². The minimum atomic E-state index is 0.